The van der Waals surface area contributed by atoms with Crippen LogP contribution in [0.15, 0.2) is 5.16 Å². The lowest BCUT2D eigenvalue weighted by atomic mass is 10.1. The molecule has 0 saturated heterocycles. The molecule has 0 spiro atoms. The second-order valence-electron chi connectivity index (χ2n) is 4.13. The maximum atomic E-state index is 10.5. The molecule has 0 aromatic carbocycles. The van der Waals surface area contributed by atoms with Crippen LogP contribution in [-0.2, 0) is 11.3 Å². The Bertz CT molecular complexity index is 357. The topological polar surface area (TPSA) is 80.9 Å². The molecular formula is C11H20N4O2S. The molecular weight excluding hydrogens is 252 g/mol. The molecule has 0 aliphatic heterocycles. The lowest BCUT2D eigenvalue weighted by Gasteiger charge is -2.03. The first-order chi connectivity index (χ1) is 8.74. The third-order valence-electron chi connectivity index (χ3n) is 2.55. The van der Waals surface area contributed by atoms with Gasteiger partial charge in [0, 0.05) is 6.54 Å². The maximum absolute atomic E-state index is 10.5. The van der Waals surface area contributed by atoms with Crippen LogP contribution in [0.5, 0.6) is 0 Å². The Morgan fingerprint density at radius 2 is 2.00 bits per heavy atom. The maximum Gasteiger partial charge on any atom is 0.313 e. The van der Waals surface area contributed by atoms with Gasteiger partial charge in [0.05, 0.1) is 5.75 Å². The number of unbranched alkanes of at least 4 members (excludes halogenated alkanes) is 5. The quantitative estimate of drug-likeness (QED) is 0.519. The van der Waals surface area contributed by atoms with Gasteiger partial charge in [-0.3, -0.25) is 4.79 Å². The Labute approximate surface area is 111 Å². The summed E-state index contributed by atoms with van der Waals surface area (Å²) in [7, 11) is 0. The van der Waals surface area contributed by atoms with E-state index in [1.165, 1.54) is 32.1 Å². The smallest absolute Gasteiger partial charge is 0.313 e. The number of thioether (sulfide) groups is 1. The number of carbonyl (C=O) groups is 1. The zero-order valence-electron chi connectivity index (χ0n) is 10.7. The van der Waals surface area contributed by atoms with Crippen LogP contribution in [-0.4, -0.2) is 37.0 Å². The van der Waals surface area contributed by atoms with Gasteiger partial charge in [-0.05, 0) is 16.8 Å². The summed E-state index contributed by atoms with van der Waals surface area (Å²) in [6.45, 7) is 2.97. The Morgan fingerprint density at radius 1 is 1.28 bits per heavy atom. The molecule has 18 heavy (non-hydrogen) atoms. The largest absolute Gasteiger partial charge is 0.481 e. The molecule has 0 saturated carbocycles. The number of aliphatic carboxylic acids is 1. The van der Waals surface area contributed by atoms with Gasteiger partial charge in [0.15, 0.2) is 0 Å². The molecule has 0 bridgehead atoms. The molecule has 0 fully saturated rings. The summed E-state index contributed by atoms with van der Waals surface area (Å²) in [5, 5.41) is 20.5. The first kappa shape index (κ1) is 14.9. The van der Waals surface area contributed by atoms with Gasteiger partial charge >= 0.3 is 5.97 Å². The monoisotopic (exact) mass is 272 g/mol. The number of hydrogen-bond donors (Lipinski definition) is 1. The Balaban J connectivity index is 2.21. The van der Waals surface area contributed by atoms with Crippen molar-refractivity contribution >= 4 is 17.7 Å². The van der Waals surface area contributed by atoms with E-state index in [9.17, 15) is 4.79 Å². The number of rotatable bonds is 10. The van der Waals surface area contributed by atoms with Crippen LogP contribution >= 0.6 is 11.8 Å². The predicted octanol–water partition coefficient (Wildman–Crippen LogP) is 2.21. The number of aryl methyl sites for hydroxylation is 1. The van der Waals surface area contributed by atoms with Crippen LogP contribution in [0.4, 0.5) is 0 Å². The summed E-state index contributed by atoms with van der Waals surface area (Å²) in [4.78, 5) is 10.5. The first-order valence-electron chi connectivity index (χ1n) is 6.34. The van der Waals surface area contributed by atoms with Crippen molar-refractivity contribution < 1.29 is 9.90 Å². The molecule has 1 rings (SSSR count). The third kappa shape index (κ3) is 6.00. The zero-order valence-corrected chi connectivity index (χ0v) is 11.5. The highest BCUT2D eigenvalue weighted by Crippen LogP contribution is 2.14. The highest BCUT2D eigenvalue weighted by Gasteiger charge is 2.08. The fourth-order valence-electron chi connectivity index (χ4n) is 1.61. The van der Waals surface area contributed by atoms with E-state index in [0.29, 0.717) is 5.16 Å². The molecule has 1 heterocycles. The Morgan fingerprint density at radius 3 is 2.72 bits per heavy atom. The second kappa shape index (κ2) is 8.91. The van der Waals surface area contributed by atoms with Crippen LogP contribution in [0.25, 0.3) is 0 Å². The average molecular weight is 272 g/mol. The molecule has 0 aliphatic rings. The van der Waals surface area contributed by atoms with Crippen molar-refractivity contribution in [2.45, 2.75) is 57.1 Å². The van der Waals surface area contributed by atoms with E-state index in [1.807, 2.05) is 0 Å². The minimum atomic E-state index is -0.853. The minimum absolute atomic E-state index is 0.00310. The zero-order chi connectivity index (χ0) is 13.2. The van der Waals surface area contributed by atoms with Crippen LogP contribution in [0.3, 0.4) is 0 Å². The van der Waals surface area contributed by atoms with Crippen molar-refractivity contribution in [3.63, 3.8) is 0 Å². The molecule has 1 aromatic rings. The van der Waals surface area contributed by atoms with Crippen LogP contribution in [0.1, 0.15) is 45.4 Å². The van der Waals surface area contributed by atoms with Crippen molar-refractivity contribution in [1.82, 2.24) is 20.2 Å². The standard InChI is InChI=1S/C11H20N4O2S/c1-2-3-4-5-6-7-8-15-11(12-13-14-15)18-9-10(16)17/h2-9H2,1H3,(H,16,17). The first-order valence-corrected chi connectivity index (χ1v) is 7.33. The summed E-state index contributed by atoms with van der Waals surface area (Å²) in [5.41, 5.74) is 0. The highest BCUT2D eigenvalue weighted by atomic mass is 32.2. The fourth-order valence-corrected chi connectivity index (χ4v) is 2.23. The summed E-state index contributed by atoms with van der Waals surface area (Å²) in [6.07, 6.45) is 7.28. The van der Waals surface area contributed by atoms with E-state index in [-0.39, 0.29) is 5.75 Å². The van der Waals surface area contributed by atoms with E-state index < -0.39 is 5.97 Å². The lowest BCUT2D eigenvalue weighted by Crippen LogP contribution is -2.05. The van der Waals surface area contributed by atoms with E-state index in [2.05, 4.69) is 22.4 Å². The van der Waals surface area contributed by atoms with E-state index in [4.69, 9.17) is 5.11 Å². The molecule has 1 N–H and O–H groups in total. The fraction of sp³-hybridized carbons (Fsp3) is 0.818. The minimum Gasteiger partial charge on any atom is -0.481 e. The molecule has 102 valence electrons. The van der Waals surface area contributed by atoms with Crippen LogP contribution in [0.2, 0.25) is 0 Å². The van der Waals surface area contributed by atoms with Crippen LogP contribution in [0, 0.1) is 0 Å². The number of hydrogen-bond acceptors (Lipinski definition) is 5. The third-order valence-corrected chi connectivity index (χ3v) is 3.49. The van der Waals surface area contributed by atoms with Gasteiger partial charge in [-0.25, -0.2) is 4.68 Å². The Kier molecular flexibility index (Phi) is 7.40. The van der Waals surface area contributed by atoms with Gasteiger partial charge in [-0.2, -0.15) is 0 Å². The van der Waals surface area contributed by atoms with Crippen LogP contribution < -0.4 is 0 Å². The Hall–Kier alpha value is -1.11. The molecule has 1 aromatic heterocycles. The molecule has 7 heteroatoms. The van der Waals surface area contributed by atoms with Gasteiger partial charge in [0.2, 0.25) is 5.16 Å². The van der Waals surface area contributed by atoms with Gasteiger partial charge in [-0.1, -0.05) is 50.8 Å². The van der Waals surface area contributed by atoms with Gasteiger partial charge in [0.1, 0.15) is 0 Å². The summed E-state index contributed by atoms with van der Waals surface area (Å²) in [6, 6.07) is 0. The van der Waals surface area contributed by atoms with E-state index in [1.54, 1.807) is 4.68 Å². The predicted molar refractivity (Wildman–Crippen MR) is 69.6 cm³/mol. The number of aromatic nitrogens is 4. The van der Waals surface area contributed by atoms with Gasteiger partial charge in [-0.15, -0.1) is 5.10 Å². The van der Waals surface area contributed by atoms with E-state index >= 15 is 0 Å². The number of carboxylic acids is 1. The lowest BCUT2D eigenvalue weighted by molar-refractivity contribution is -0.133. The molecule has 0 aliphatic carbocycles. The highest BCUT2D eigenvalue weighted by molar-refractivity contribution is 7.99. The van der Waals surface area contributed by atoms with Gasteiger partial charge in [0.25, 0.3) is 0 Å². The van der Waals surface area contributed by atoms with E-state index in [0.717, 1.165) is 24.7 Å². The summed E-state index contributed by atoms with van der Waals surface area (Å²) in [5.74, 6) is -0.856. The normalized spacial score (nSPS) is 10.7. The molecule has 0 atom stereocenters. The number of nitrogens with zero attached hydrogens (tertiary/aromatic N) is 4. The SMILES string of the molecule is CCCCCCCCn1nnnc1SCC(=O)O. The molecule has 0 unspecified atom stereocenters. The van der Waals surface area contributed by atoms with Gasteiger partial charge < -0.3 is 5.11 Å². The number of tetrazole rings is 1. The molecule has 0 amide bonds. The second-order valence-corrected chi connectivity index (χ2v) is 5.08. The average Bonchev–Trinajstić information content (AvgIpc) is 2.78. The molecule has 6 nitrogen and oxygen atoms in total. The molecule has 0 radical (unpaired) electrons. The van der Waals surface area contributed by atoms with Crippen molar-refractivity contribution in [1.29, 1.82) is 0 Å². The number of carboxylic acid groups (broad SMARTS) is 1. The summed E-state index contributed by atoms with van der Waals surface area (Å²) >= 11 is 1.16. The summed E-state index contributed by atoms with van der Waals surface area (Å²) < 4.78 is 1.69. The van der Waals surface area contributed by atoms with Crippen molar-refractivity contribution in [3.05, 3.63) is 0 Å². The van der Waals surface area contributed by atoms with Crippen molar-refractivity contribution in [2.24, 2.45) is 0 Å². The van der Waals surface area contributed by atoms with Crippen molar-refractivity contribution in [3.8, 4) is 0 Å². The van der Waals surface area contributed by atoms with Crippen molar-refractivity contribution in [2.75, 3.05) is 5.75 Å².